The van der Waals surface area contributed by atoms with Crippen LogP contribution < -0.4 is 0 Å². The van der Waals surface area contributed by atoms with Crippen LogP contribution in [-0.2, 0) is 4.79 Å². The highest BCUT2D eigenvalue weighted by atomic mass is 19.1. The quantitative estimate of drug-likeness (QED) is 0.802. The average molecular weight is 252 g/mol. The van der Waals surface area contributed by atoms with Crippen molar-refractivity contribution in [3.63, 3.8) is 0 Å². The Kier molecular flexibility index (Phi) is 3.02. The molecule has 96 valence electrons. The molecule has 0 spiro atoms. The number of hydrogen-bond acceptors (Lipinski definition) is 3. The molecule has 1 aromatic heterocycles. The van der Waals surface area contributed by atoms with Gasteiger partial charge in [-0.2, -0.15) is 4.39 Å². The molecule has 5 nitrogen and oxygen atoms in total. The molecule has 1 N–H and O–H groups in total. The Balaban J connectivity index is 2.12. The SMILES string of the molecule is CC1(C(=O)O)CCN(C(=O)c2ccc(F)nc2)C1. The predicted molar refractivity (Wildman–Crippen MR) is 60.5 cm³/mol. The highest BCUT2D eigenvalue weighted by Gasteiger charge is 2.42. The molecule has 1 aliphatic rings. The number of nitrogens with zero attached hydrogens (tertiary/aromatic N) is 2. The highest BCUT2D eigenvalue weighted by Crippen LogP contribution is 2.30. The molecule has 18 heavy (non-hydrogen) atoms. The molecule has 2 rings (SSSR count). The first-order valence-electron chi connectivity index (χ1n) is 5.57. The zero-order valence-corrected chi connectivity index (χ0v) is 9.89. The monoisotopic (exact) mass is 252 g/mol. The van der Waals surface area contributed by atoms with Crippen molar-refractivity contribution in [3.8, 4) is 0 Å². The summed E-state index contributed by atoms with van der Waals surface area (Å²) in [6.45, 7) is 2.17. The second-order valence-electron chi connectivity index (χ2n) is 4.71. The fraction of sp³-hybridized carbons (Fsp3) is 0.417. The van der Waals surface area contributed by atoms with Crippen LogP contribution in [0.4, 0.5) is 4.39 Å². The largest absolute Gasteiger partial charge is 0.481 e. The molecule has 0 radical (unpaired) electrons. The lowest BCUT2D eigenvalue weighted by molar-refractivity contribution is -0.147. The third-order valence-electron chi connectivity index (χ3n) is 3.25. The van der Waals surface area contributed by atoms with Gasteiger partial charge >= 0.3 is 5.97 Å². The van der Waals surface area contributed by atoms with Gasteiger partial charge in [0.15, 0.2) is 0 Å². The molecular weight excluding hydrogens is 239 g/mol. The van der Waals surface area contributed by atoms with E-state index >= 15 is 0 Å². The standard InChI is InChI=1S/C12H13FN2O3/c1-12(11(17)18)4-5-15(7-12)10(16)8-2-3-9(13)14-6-8/h2-3,6H,4-5,7H2,1H3,(H,17,18). The lowest BCUT2D eigenvalue weighted by atomic mass is 9.90. The number of halogens is 1. The summed E-state index contributed by atoms with van der Waals surface area (Å²) in [6.07, 6.45) is 1.58. The van der Waals surface area contributed by atoms with E-state index in [0.717, 1.165) is 12.3 Å². The molecule has 2 heterocycles. The fourth-order valence-corrected chi connectivity index (χ4v) is 1.99. The number of hydrogen-bond donors (Lipinski definition) is 1. The van der Waals surface area contributed by atoms with Crippen LogP contribution in [0.1, 0.15) is 23.7 Å². The lowest BCUT2D eigenvalue weighted by Crippen LogP contribution is -2.34. The predicted octanol–water partition coefficient (Wildman–Crippen LogP) is 1.16. The number of aliphatic carboxylic acids is 1. The van der Waals surface area contributed by atoms with Crippen LogP contribution in [0.25, 0.3) is 0 Å². The normalized spacial score (nSPS) is 23.1. The number of amides is 1. The van der Waals surface area contributed by atoms with E-state index in [1.807, 2.05) is 0 Å². The average Bonchev–Trinajstić information content (AvgIpc) is 2.73. The first kappa shape index (κ1) is 12.5. The van der Waals surface area contributed by atoms with Crippen molar-refractivity contribution in [1.82, 2.24) is 9.88 Å². The molecule has 1 atom stereocenters. The molecule has 1 saturated heterocycles. The Morgan fingerprint density at radius 1 is 1.50 bits per heavy atom. The molecule has 1 amide bonds. The number of carbonyl (C=O) groups excluding carboxylic acids is 1. The van der Waals surface area contributed by atoms with E-state index in [0.29, 0.717) is 13.0 Å². The fourth-order valence-electron chi connectivity index (χ4n) is 1.99. The molecule has 0 aliphatic carbocycles. The van der Waals surface area contributed by atoms with Crippen LogP contribution in [-0.4, -0.2) is 40.0 Å². The summed E-state index contributed by atoms with van der Waals surface area (Å²) in [6, 6.07) is 2.46. The summed E-state index contributed by atoms with van der Waals surface area (Å²) >= 11 is 0. The van der Waals surface area contributed by atoms with Crippen LogP contribution in [0.3, 0.4) is 0 Å². The molecule has 6 heteroatoms. The topological polar surface area (TPSA) is 70.5 Å². The van der Waals surface area contributed by atoms with Gasteiger partial charge in [-0.3, -0.25) is 9.59 Å². The van der Waals surface area contributed by atoms with Gasteiger partial charge < -0.3 is 10.0 Å². The van der Waals surface area contributed by atoms with Crippen molar-refractivity contribution >= 4 is 11.9 Å². The summed E-state index contributed by atoms with van der Waals surface area (Å²) in [7, 11) is 0. The molecule has 0 saturated carbocycles. The van der Waals surface area contributed by atoms with Gasteiger partial charge in [-0.05, 0) is 25.5 Å². The number of pyridine rings is 1. The maximum atomic E-state index is 12.6. The van der Waals surface area contributed by atoms with E-state index in [2.05, 4.69) is 4.98 Å². The van der Waals surface area contributed by atoms with Crippen molar-refractivity contribution in [3.05, 3.63) is 29.8 Å². The number of likely N-dealkylation sites (tertiary alicyclic amines) is 1. The van der Waals surface area contributed by atoms with Crippen LogP contribution in [0, 0.1) is 11.4 Å². The van der Waals surface area contributed by atoms with Crippen LogP contribution in [0.2, 0.25) is 0 Å². The smallest absolute Gasteiger partial charge is 0.311 e. The molecule has 1 fully saturated rings. The van der Waals surface area contributed by atoms with Crippen molar-refractivity contribution in [1.29, 1.82) is 0 Å². The number of carboxylic acids is 1. The number of carbonyl (C=O) groups is 2. The Morgan fingerprint density at radius 3 is 2.72 bits per heavy atom. The Morgan fingerprint density at radius 2 is 2.22 bits per heavy atom. The molecule has 0 bridgehead atoms. The van der Waals surface area contributed by atoms with Gasteiger partial charge in [0.2, 0.25) is 5.95 Å². The minimum Gasteiger partial charge on any atom is -0.481 e. The third kappa shape index (κ3) is 2.18. The second-order valence-corrected chi connectivity index (χ2v) is 4.71. The molecule has 0 aromatic carbocycles. The molecule has 1 unspecified atom stereocenters. The number of aromatic nitrogens is 1. The van der Waals surface area contributed by atoms with E-state index in [4.69, 9.17) is 5.11 Å². The van der Waals surface area contributed by atoms with E-state index in [-0.39, 0.29) is 18.0 Å². The van der Waals surface area contributed by atoms with Gasteiger partial charge in [0.05, 0.1) is 11.0 Å². The summed E-state index contributed by atoms with van der Waals surface area (Å²) in [5, 5.41) is 9.08. The van der Waals surface area contributed by atoms with E-state index in [9.17, 15) is 14.0 Å². The highest BCUT2D eigenvalue weighted by molar-refractivity contribution is 5.94. The number of carboxylic acid groups (broad SMARTS) is 1. The summed E-state index contributed by atoms with van der Waals surface area (Å²) in [5.74, 6) is -1.87. The molecular formula is C12H13FN2O3. The van der Waals surface area contributed by atoms with Gasteiger partial charge in [0.25, 0.3) is 5.91 Å². The van der Waals surface area contributed by atoms with E-state index < -0.39 is 17.3 Å². The van der Waals surface area contributed by atoms with Crippen LogP contribution in [0.5, 0.6) is 0 Å². The lowest BCUT2D eigenvalue weighted by Gasteiger charge is -2.20. The van der Waals surface area contributed by atoms with Gasteiger partial charge in [-0.1, -0.05) is 0 Å². The van der Waals surface area contributed by atoms with Crippen molar-refractivity contribution < 1.29 is 19.1 Å². The number of rotatable bonds is 2. The summed E-state index contributed by atoms with van der Waals surface area (Å²) in [4.78, 5) is 28.0. The van der Waals surface area contributed by atoms with Gasteiger partial charge in [-0.25, -0.2) is 4.98 Å². The van der Waals surface area contributed by atoms with Crippen LogP contribution >= 0.6 is 0 Å². The Hall–Kier alpha value is -1.98. The van der Waals surface area contributed by atoms with Gasteiger partial charge in [-0.15, -0.1) is 0 Å². The maximum Gasteiger partial charge on any atom is 0.311 e. The summed E-state index contributed by atoms with van der Waals surface area (Å²) < 4.78 is 12.6. The van der Waals surface area contributed by atoms with Crippen molar-refractivity contribution in [2.45, 2.75) is 13.3 Å². The van der Waals surface area contributed by atoms with Gasteiger partial charge in [0.1, 0.15) is 0 Å². The molecule has 1 aliphatic heterocycles. The molecule has 1 aromatic rings. The first-order chi connectivity index (χ1) is 8.42. The maximum absolute atomic E-state index is 12.6. The zero-order chi connectivity index (χ0) is 13.3. The van der Waals surface area contributed by atoms with E-state index in [1.54, 1.807) is 6.92 Å². The third-order valence-corrected chi connectivity index (χ3v) is 3.25. The van der Waals surface area contributed by atoms with Crippen molar-refractivity contribution in [2.75, 3.05) is 13.1 Å². The van der Waals surface area contributed by atoms with Gasteiger partial charge in [0, 0.05) is 19.3 Å². The zero-order valence-electron chi connectivity index (χ0n) is 9.89. The van der Waals surface area contributed by atoms with Crippen LogP contribution in [0.15, 0.2) is 18.3 Å². The Bertz CT molecular complexity index is 489. The van der Waals surface area contributed by atoms with E-state index in [1.165, 1.54) is 11.0 Å². The summed E-state index contributed by atoms with van der Waals surface area (Å²) in [5.41, 5.74) is -0.630. The minimum atomic E-state index is -0.907. The second kappa shape index (κ2) is 4.36. The first-order valence-corrected chi connectivity index (χ1v) is 5.57. The van der Waals surface area contributed by atoms with Crippen molar-refractivity contribution in [2.24, 2.45) is 5.41 Å². The Labute approximate surface area is 103 Å². The minimum absolute atomic E-state index is 0.165.